The maximum Gasteiger partial charge on any atom is 0.416 e. The van der Waals surface area contributed by atoms with Gasteiger partial charge in [-0.05, 0) is 85.9 Å². The average Bonchev–Trinajstić information content (AvgIpc) is 2.89. The summed E-state index contributed by atoms with van der Waals surface area (Å²) >= 11 is 0. The topological polar surface area (TPSA) is 50.8 Å². The Morgan fingerprint density at radius 2 is 1.72 bits per heavy atom. The molecule has 2 aromatic rings. The summed E-state index contributed by atoms with van der Waals surface area (Å²) in [4.78, 5) is 14.7. The lowest BCUT2D eigenvalue weighted by Gasteiger charge is -2.39. The van der Waals surface area contributed by atoms with E-state index in [1.165, 1.54) is 0 Å². The SMILES string of the molecule is COc1ccc(COC(=O)N[C@@H]2CCCC[C@H]2C[C@H]2CCCN(c3ccc(C(F)(F)F)cc3)C2)cc1. The van der Waals surface area contributed by atoms with Crippen LogP contribution in [0.25, 0.3) is 0 Å². The Balaban J connectivity index is 1.29. The minimum Gasteiger partial charge on any atom is -0.497 e. The summed E-state index contributed by atoms with van der Waals surface area (Å²) in [7, 11) is 1.61. The third kappa shape index (κ3) is 7.08. The second kappa shape index (κ2) is 11.9. The summed E-state index contributed by atoms with van der Waals surface area (Å²) in [6.45, 7) is 1.89. The van der Waals surface area contributed by atoms with Gasteiger partial charge in [0.15, 0.2) is 0 Å². The molecular formula is C28H35F3N2O3. The summed E-state index contributed by atoms with van der Waals surface area (Å²) < 4.78 is 49.4. The van der Waals surface area contributed by atoms with Crippen LogP contribution < -0.4 is 15.0 Å². The van der Waals surface area contributed by atoms with E-state index in [1.807, 2.05) is 24.3 Å². The highest BCUT2D eigenvalue weighted by molar-refractivity contribution is 5.67. The van der Waals surface area contributed by atoms with E-state index in [2.05, 4.69) is 10.2 Å². The van der Waals surface area contributed by atoms with E-state index >= 15 is 0 Å². The van der Waals surface area contributed by atoms with Crippen molar-refractivity contribution >= 4 is 11.8 Å². The Morgan fingerprint density at radius 1 is 1.00 bits per heavy atom. The quantitative estimate of drug-likeness (QED) is 0.450. The van der Waals surface area contributed by atoms with Gasteiger partial charge in [0, 0.05) is 24.8 Å². The molecule has 0 radical (unpaired) electrons. The summed E-state index contributed by atoms with van der Waals surface area (Å²) in [6, 6.07) is 13.0. The van der Waals surface area contributed by atoms with Crippen LogP contribution in [0, 0.1) is 11.8 Å². The van der Waals surface area contributed by atoms with Crippen molar-refractivity contribution in [3.63, 3.8) is 0 Å². The molecule has 0 bridgehead atoms. The first-order valence-corrected chi connectivity index (χ1v) is 12.8. The number of amides is 1. The first kappa shape index (κ1) is 26.2. The fourth-order valence-corrected chi connectivity index (χ4v) is 5.52. The van der Waals surface area contributed by atoms with Crippen LogP contribution in [0.4, 0.5) is 23.7 Å². The van der Waals surface area contributed by atoms with Gasteiger partial charge in [0.2, 0.25) is 0 Å². The zero-order valence-electron chi connectivity index (χ0n) is 20.7. The number of methoxy groups -OCH3 is 1. The van der Waals surface area contributed by atoms with Crippen LogP contribution in [0.1, 0.15) is 56.1 Å². The van der Waals surface area contributed by atoms with Gasteiger partial charge < -0.3 is 19.7 Å². The Labute approximate surface area is 211 Å². The molecule has 5 nitrogen and oxygen atoms in total. The maximum absolute atomic E-state index is 12.9. The lowest BCUT2D eigenvalue weighted by atomic mass is 9.77. The predicted molar refractivity (Wildman–Crippen MR) is 133 cm³/mol. The number of piperidine rings is 1. The van der Waals surface area contributed by atoms with Gasteiger partial charge >= 0.3 is 12.3 Å². The van der Waals surface area contributed by atoms with Crippen LogP contribution in [-0.2, 0) is 17.5 Å². The van der Waals surface area contributed by atoms with Crippen molar-refractivity contribution in [1.29, 1.82) is 0 Å². The minimum atomic E-state index is -4.32. The zero-order chi connectivity index (χ0) is 25.5. The number of nitrogens with zero attached hydrogens (tertiary/aromatic N) is 1. The van der Waals surface area contributed by atoms with Gasteiger partial charge in [-0.2, -0.15) is 13.2 Å². The van der Waals surface area contributed by atoms with E-state index in [4.69, 9.17) is 9.47 Å². The van der Waals surface area contributed by atoms with E-state index in [0.717, 1.165) is 87.2 Å². The van der Waals surface area contributed by atoms with E-state index < -0.39 is 17.8 Å². The van der Waals surface area contributed by atoms with Crippen molar-refractivity contribution < 1.29 is 27.4 Å². The molecule has 8 heteroatoms. The number of hydrogen-bond acceptors (Lipinski definition) is 4. The number of alkyl carbamates (subject to hydrolysis) is 1. The number of carbonyl (C=O) groups excluding carboxylic acids is 1. The van der Waals surface area contributed by atoms with Crippen molar-refractivity contribution in [2.24, 2.45) is 11.8 Å². The smallest absolute Gasteiger partial charge is 0.416 e. The van der Waals surface area contributed by atoms with E-state index in [9.17, 15) is 18.0 Å². The molecule has 2 aliphatic rings. The third-order valence-electron chi connectivity index (χ3n) is 7.46. The normalized spacial score (nSPS) is 22.7. The van der Waals surface area contributed by atoms with Gasteiger partial charge in [-0.1, -0.05) is 25.0 Å². The van der Waals surface area contributed by atoms with Crippen LogP contribution >= 0.6 is 0 Å². The molecule has 0 spiro atoms. The lowest BCUT2D eigenvalue weighted by Crippen LogP contribution is -2.44. The lowest BCUT2D eigenvalue weighted by molar-refractivity contribution is -0.137. The molecule has 36 heavy (non-hydrogen) atoms. The molecule has 1 amide bonds. The molecule has 1 heterocycles. The first-order valence-electron chi connectivity index (χ1n) is 12.8. The molecule has 1 saturated carbocycles. The molecule has 0 aromatic heterocycles. The Kier molecular flexibility index (Phi) is 8.64. The third-order valence-corrected chi connectivity index (χ3v) is 7.46. The van der Waals surface area contributed by atoms with Crippen molar-refractivity contribution in [2.75, 3.05) is 25.1 Å². The predicted octanol–water partition coefficient (Wildman–Crippen LogP) is 6.81. The second-order valence-corrected chi connectivity index (χ2v) is 9.95. The highest BCUT2D eigenvalue weighted by atomic mass is 19.4. The Bertz CT molecular complexity index is 979. The largest absolute Gasteiger partial charge is 0.497 e. The molecule has 1 aliphatic carbocycles. The molecule has 2 aromatic carbocycles. The van der Waals surface area contributed by atoms with Crippen LogP contribution in [0.3, 0.4) is 0 Å². The van der Waals surface area contributed by atoms with Crippen molar-refractivity contribution in [1.82, 2.24) is 5.32 Å². The number of carbonyl (C=O) groups is 1. The average molecular weight is 505 g/mol. The number of benzene rings is 2. The molecule has 0 unspecified atom stereocenters. The van der Waals surface area contributed by atoms with Gasteiger partial charge in [-0.25, -0.2) is 4.79 Å². The molecule has 2 fully saturated rings. The van der Waals surface area contributed by atoms with Crippen molar-refractivity contribution in [2.45, 2.75) is 63.8 Å². The molecule has 196 valence electrons. The molecule has 1 N–H and O–H groups in total. The number of alkyl halides is 3. The highest BCUT2D eigenvalue weighted by Gasteiger charge is 2.32. The fourth-order valence-electron chi connectivity index (χ4n) is 5.52. The monoisotopic (exact) mass is 504 g/mol. The van der Waals surface area contributed by atoms with E-state index in [0.29, 0.717) is 11.8 Å². The van der Waals surface area contributed by atoms with Gasteiger partial charge in [0.25, 0.3) is 0 Å². The number of anilines is 1. The van der Waals surface area contributed by atoms with Gasteiger partial charge in [0.05, 0.1) is 12.7 Å². The maximum atomic E-state index is 12.9. The zero-order valence-corrected chi connectivity index (χ0v) is 20.7. The Hall–Kier alpha value is -2.90. The fraction of sp³-hybridized carbons (Fsp3) is 0.536. The summed E-state index contributed by atoms with van der Waals surface area (Å²) in [5, 5.41) is 3.11. The van der Waals surface area contributed by atoms with Crippen molar-refractivity contribution in [3.8, 4) is 5.75 Å². The van der Waals surface area contributed by atoms with Gasteiger partial charge in [0.1, 0.15) is 12.4 Å². The van der Waals surface area contributed by atoms with Crippen LogP contribution in [0.2, 0.25) is 0 Å². The minimum absolute atomic E-state index is 0.0866. The number of hydrogen-bond donors (Lipinski definition) is 1. The number of ether oxygens (including phenoxy) is 2. The number of nitrogens with one attached hydrogen (secondary N) is 1. The number of halogens is 3. The van der Waals surface area contributed by atoms with E-state index in [-0.39, 0.29) is 12.6 Å². The molecule has 1 saturated heterocycles. The second-order valence-electron chi connectivity index (χ2n) is 9.95. The number of rotatable bonds is 7. The van der Waals surface area contributed by atoms with Crippen LogP contribution in [-0.4, -0.2) is 32.3 Å². The van der Waals surface area contributed by atoms with Crippen LogP contribution in [0.5, 0.6) is 5.75 Å². The van der Waals surface area contributed by atoms with Crippen molar-refractivity contribution in [3.05, 3.63) is 59.7 Å². The van der Waals surface area contributed by atoms with Crippen LogP contribution in [0.15, 0.2) is 48.5 Å². The highest BCUT2D eigenvalue weighted by Crippen LogP contribution is 2.35. The molecule has 4 rings (SSSR count). The first-order chi connectivity index (χ1) is 17.3. The van der Waals surface area contributed by atoms with Gasteiger partial charge in [-0.3, -0.25) is 0 Å². The molecule has 3 atom stereocenters. The Morgan fingerprint density at radius 3 is 2.42 bits per heavy atom. The standard InChI is InChI=1S/C28H35F3N2O3/c1-35-25-14-8-20(9-15-25)19-36-27(34)32-26-7-3-2-6-22(26)17-21-5-4-16-33(18-21)24-12-10-23(11-13-24)28(29,30)31/h8-15,21-22,26H,2-7,16-19H2,1H3,(H,32,34)/t21-,22+,26-/m1/s1. The van der Waals surface area contributed by atoms with Gasteiger partial charge in [-0.15, -0.1) is 0 Å². The summed E-state index contributed by atoms with van der Waals surface area (Å²) in [5.41, 5.74) is 1.12. The van der Waals surface area contributed by atoms with E-state index in [1.54, 1.807) is 19.2 Å². The molecule has 1 aliphatic heterocycles. The summed E-state index contributed by atoms with van der Waals surface area (Å²) in [5.74, 6) is 1.58. The molecular weight excluding hydrogens is 469 g/mol. The summed E-state index contributed by atoms with van der Waals surface area (Å²) in [6.07, 6.45) is 2.65.